The van der Waals surface area contributed by atoms with E-state index in [0.717, 1.165) is 30.5 Å². The Labute approximate surface area is 161 Å². The van der Waals surface area contributed by atoms with Crippen molar-refractivity contribution >= 4 is 23.6 Å². The van der Waals surface area contributed by atoms with Gasteiger partial charge in [0, 0.05) is 31.9 Å². The van der Waals surface area contributed by atoms with Crippen molar-refractivity contribution in [1.82, 2.24) is 4.90 Å². The molecule has 0 saturated carbocycles. The maximum Gasteiger partial charge on any atom is 0.349 e. The van der Waals surface area contributed by atoms with E-state index in [0.29, 0.717) is 0 Å². The van der Waals surface area contributed by atoms with E-state index in [-0.39, 0.29) is 30.2 Å². The van der Waals surface area contributed by atoms with Gasteiger partial charge in [0.05, 0.1) is 0 Å². The monoisotopic (exact) mass is 369 g/mol. The van der Waals surface area contributed by atoms with Crippen molar-refractivity contribution in [1.29, 1.82) is 5.26 Å². The predicted octanol–water partition coefficient (Wildman–Crippen LogP) is 2.99. The van der Waals surface area contributed by atoms with Gasteiger partial charge in [-0.2, -0.15) is 5.26 Å². The summed E-state index contributed by atoms with van der Waals surface area (Å²) in [6.07, 6.45) is 4.48. The van der Waals surface area contributed by atoms with Crippen molar-refractivity contribution in [2.75, 3.05) is 25.6 Å². The average molecular weight is 369 g/mol. The van der Waals surface area contributed by atoms with Crippen LogP contribution < -0.4 is 4.90 Å². The van der Waals surface area contributed by atoms with Crippen LogP contribution in [0.2, 0.25) is 0 Å². The first-order valence-corrected chi connectivity index (χ1v) is 9.21. The van der Waals surface area contributed by atoms with E-state index in [1.807, 2.05) is 63.2 Å². The van der Waals surface area contributed by atoms with Gasteiger partial charge in [-0.05, 0) is 56.9 Å². The Kier molecular flexibility index (Phi) is 7.00. The van der Waals surface area contributed by atoms with Gasteiger partial charge < -0.3 is 14.5 Å². The maximum atomic E-state index is 12.4. The lowest BCUT2D eigenvalue weighted by molar-refractivity contribution is -0.151. The summed E-state index contributed by atoms with van der Waals surface area (Å²) >= 11 is 0. The third-order valence-corrected chi connectivity index (χ3v) is 4.87. The lowest BCUT2D eigenvalue weighted by atomic mass is 9.97. The summed E-state index contributed by atoms with van der Waals surface area (Å²) in [5, 5.41) is 9.28. The lowest BCUT2D eigenvalue weighted by Crippen LogP contribution is -2.49. The zero-order valence-corrected chi connectivity index (χ0v) is 16.4. The molecule has 0 radical (unpaired) electrons. The fourth-order valence-corrected chi connectivity index (χ4v) is 3.36. The molecular weight excluding hydrogens is 342 g/mol. The molecular formula is C21H27N3O3. The van der Waals surface area contributed by atoms with Gasteiger partial charge in [0.2, 0.25) is 0 Å². The number of carbonyl (C=O) groups is 2. The van der Waals surface area contributed by atoms with Crippen LogP contribution in [0.3, 0.4) is 0 Å². The van der Waals surface area contributed by atoms with Crippen molar-refractivity contribution in [3.8, 4) is 6.07 Å². The minimum atomic E-state index is -0.778. The minimum absolute atomic E-state index is 0.125. The van der Waals surface area contributed by atoms with E-state index in [4.69, 9.17) is 4.74 Å². The zero-order valence-electron chi connectivity index (χ0n) is 16.4. The van der Waals surface area contributed by atoms with Gasteiger partial charge >= 0.3 is 5.97 Å². The van der Waals surface area contributed by atoms with Gasteiger partial charge in [0.1, 0.15) is 11.6 Å². The molecule has 0 N–H and O–H groups in total. The van der Waals surface area contributed by atoms with E-state index in [1.54, 1.807) is 4.90 Å². The second kappa shape index (κ2) is 9.22. The van der Waals surface area contributed by atoms with Crippen molar-refractivity contribution in [3.63, 3.8) is 0 Å². The number of benzene rings is 1. The van der Waals surface area contributed by atoms with Crippen LogP contribution >= 0.6 is 0 Å². The molecule has 2 unspecified atom stereocenters. The third kappa shape index (κ3) is 5.33. The highest BCUT2D eigenvalue weighted by Gasteiger charge is 2.29. The summed E-state index contributed by atoms with van der Waals surface area (Å²) in [5.74, 6) is -0.990. The summed E-state index contributed by atoms with van der Waals surface area (Å²) < 4.78 is 5.11. The van der Waals surface area contributed by atoms with Crippen molar-refractivity contribution in [2.45, 2.75) is 45.2 Å². The number of carbonyl (C=O) groups excluding carboxylic acids is 2. The predicted molar refractivity (Wildman–Crippen MR) is 105 cm³/mol. The summed E-state index contributed by atoms with van der Waals surface area (Å²) in [4.78, 5) is 28.4. The molecule has 1 saturated heterocycles. The molecule has 6 heteroatoms. The fourth-order valence-electron chi connectivity index (χ4n) is 3.36. The van der Waals surface area contributed by atoms with Crippen molar-refractivity contribution in [2.24, 2.45) is 0 Å². The maximum absolute atomic E-state index is 12.4. The van der Waals surface area contributed by atoms with Crippen LogP contribution in [0.1, 0.15) is 38.7 Å². The number of hydrogen-bond donors (Lipinski definition) is 0. The van der Waals surface area contributed by atoms with Gasteiger partial charge in [-0.1, -0.05) is 12.1 Å². The molecule has 1 aliphatic rings. The fraction of sp³-hybridized carbons (Fsp3) is 0.476. The Bertz CT molecular complexity index is 737. The van der Waals surface area contributed by atoms with E-state index >= 15 is 0 Å². The van der Waals surface area contributed by atoms with Crippen LogP contribution in [0.15, 0.2) is 29.8 Å². The normalized spacial score (nSPS) is 20.0. The minimum Gasteiger partial charge on any atom is -0.451 e. The summed E-state index contributed by atoms with van der Waals surface area (Å²) in [7, 11) is 3.87. The van der Waals surface area contributed by atoms with E-state index in [1.165, 1.54) is 6.08 Å². The number of ether oxygens (including phenoxy) is 1. The quantitative estimate of drug-likeness (QED) is 0.453. The molecule has 2 rings (SSSR count). The van der Waals surface area contributed by atoms with Crippen LogP contribution in [0.25, 0.3) is 6.08 Å². The van der Waals surface area contributed by atoms with Gasteiger partial charge in [0.15, 0.2) is 6.61 Å². The summed E-state index contributed by atoms with van der Waals surface area (Å²) in [5.41, 5.74) is 1.61. The van der Waals surface area contributed by atoms with Gasteiger partial charge in [-0.25, -0.2) is 4.79 Å². The second-order valence-electron chi connectivity index (χ2n) is 7.16. The number of esters is 1. The highest BCUT2D eigenvalue weighted by Crippen LogP contribution is 2.22. The highest BCUT2D eigenvalue weighted by molar-refractivity contribution is 5.98. The largest absolute Gasteiger partial charge is 0.451 e. The molecule has 0 aromatic heterocycles. The molecule has 1 aromatic carbocycles. The topological polar surface area (TPSA) is 73.6 Å². The van der Waals surface area contributed by atoms with Crippen LogP contribution in [0.4, 0.5) is 5.69 Å². The standard InChI is InChI=1S/C21H27N3O3/c1-15-6-5-7-16(2)24(15)20(25)14-27-21(26)18(13-22)12-17-8-10-19(11-9-17)23(3)4/h8-12,15-16H,5-7,14H2,1-4H3/b18-12-. The average Bonchev–Trinajstić information content (AvgIpc) is 2.64. The van der Waals surface area contributed by atoms with Crippen molar-refractivity contribution in [3.05, 3.63) is 35.4 Å². The Morgan fingerprint density at radius 3 is 2.33 bits per heavy atom. The SMILES string of the molecule is CC1CCCC(C)N1C(=O)COC(=O)/C(C#N)=C\c1ccc(N(C)C)cc1. The molecule has 1 heterocycles. The molecule has 144 valence electrons. The number of hydrogen-bond acceptors (Lipinski definition) is 5. The number of piperidine rings is 1. The van der Waals surface area contributed by atoms with Gasteiger partial charge in [-0.3, -0.25) is 4.79 Å². The molecule has 0 bridgehead atoms. The number of amides is 1. The Hall–Kier alpha value is -2.81. The molecule has 1 aromatic rings. The van der Waals surface area contributed by atoms with E-state index < -0.39 is 5.97 Å². The number of nitriles is 1. The first-order chi connectivity index (χ1) is 12.8. The molecule has 1 aliphatic heterocycles. The Morgan fingerprint density at radius 1 is 1.22 bits per heavy atom. The molecule has 0 spiro atoms. The highest BCUT2D eigenvalue weighted by atomic mass is 16.5. The second-order valence-corrected chi connectivity index (χ2v) is 7.16. The molecule has 1 fully saturated rings. The van der Waals surface area contributed by atoms with E-state index in [2.05, 4.69) is 0 Å². The Balaban J connectivity index is 2.00. The Morgan fingerprint density at radius 2 is 1.81 bits per heavy atom. The molecule has 0 aliphatic carbocycles. The van der Waals surface area contributed by atoms with Gasteiger partial charge in [-0.15, -0.1) is 0 Å². The number of anilines is 1. The molecule has 27 heavy (non-hydrogen) atoms. The first-order valence-electron chi connectivity index (χ1n) is 9.21. The number of likely N-dealkylation sites (tertiary alicyclic amines) is 1. The summed E-state index contributed by atoms with van der Waals surface area (Å²) in [6.45, 7) is 3.67. The summed E-state index contributed by atoms with van der Waals surface area (Å²) in [6, 6.07) is 9.58. The smallest absolute Gasteiger partial charge is 0.349 e. The third-order valence-electron chi connectivity index (χ3n) is 4.87. The molecule has 6 nitrogen and oxygen atoms in total. The van der Waals surface area contributed by atoms with Crippen LogP contribution in [-0.2, 0) is 14.3 Å². The zero-order chi connectivity index (χ0) is 20.0. The van der Waals surface area contributed by atoms with Crippen LogP contribution in [-0.4, -0.2) is 49.6 Å². The molecule has 1 amide bonds. The first kappa shape index (κ1) is 20.5. The number of rotatable bonds is 5. The lowest BCUT2D eigenvalue weighted by Gasteiger charge is -2.38. The molecule has 2 atom stereocenters. The van der Waals surface area contributed by atoms with Gasteiger partial charge in [0.25, 0.3) is 5.91 Å². The van der Waals surface area contributed by atoms with Crippen LogP contribution in [0, 0.1) is 11.3 Å². The number of nitrogens with zero attached hydrogens (tertiary/aromatic N) is 3. The van der Waals surface area contributed by atoms with Crippen LogP contribution in [0.5, 0.6) is 0 Å². The van der Waals surface area contributed by atoms with Crippen molar-refractivity contribution < 1.29 is 14.3 Å². The van der Waals surface area contributed by atoms with E-state index in [9.17, 15) is 14.9 Å².